The Balaban J connectivity index is 2.53. The summed E-state index contributed by atoms with van der Waals surface area (Å²) in [5.41, 5.74) is 2.47. The molecule has 0 spiro atoms. The molecule has 0 saturated heterocycles. The monoisotopic (exact) mass is 293 g/mol. The molecule has 106 valence electrons. The second-order valence-electron chi connectivity index (χ2n) is 4.61. The van der Waals surface area contributed by atoms with Gasteiger partial charge in [-0.2, -0.15) is 0 Å². The van der Waals surface area contributed by atoms with Crippen molar-refractivity contribution in [1.29, 1.82) is 0 Å². The quantitative estimate of drug-likeness (QED) is 0.813. The number of esters is 1. The number of aromatic nitrogens is 1. The molecule has 0 amide bonds. The van der Waals surface area contributed by atoms with Crippen molar-refractivity contribution in [1.82, 2.24) is 4.98 Å². The van der Waals surface area contributed by atoms with Crippen molar-refractivity contribution >= 4 is 28.5 Å². The summed E-state index contributed by atoms with van der Waals surface area (Å²) in [5, 5.41) is 1.48. The van der Waals surface area contributed by atoms with Crippen molar-refractivity contribution in [2.24, 2.45) is 0 Å². The topological polar surface area (TPSA) is 48.4 Å². The summed E-state index contributed by atoms with van der Waals surface area (Å²) in [6.07, 6.45) is -0.680. The molecule has 1 aromatic carbocycles. The van der Waals surface area contributed by atoms with Crippen molar-refractivity contribution in [3.63, 3.8) is 0 Å². The largest absolute Gasteiger partial charge is 0.478 e. The van der Waals surface area contributed by atoms with Crippen molar-refractivity contribution in [3.8, 4) is 5.75 Å². The Morgan fingerprint density at radius 2 is 2.05 bits per heavy atom. The summed E-state index contributed by atoms with van der Waals surface area (Å²) in [6.45, 7) is 5.43. The van der Waals surface area contributed by atoms with Crippen LogP contribution in [0.4, 0.5) is 0 Å². The fourth-order valence-corrected chi connectivity index (χ4v) is 2.15. The number of nitrogens with zero attached hydrogens (tertiary/aromatic N) is 1. The molecule has 0 N–H and O–H groups in total. The lowest BCUT2D eigenvalue weighted by molar-refractivity contribution is -0.147. The number of ether oxygens (including phenoxy) is 2. The van der Waals surface area contributed by atoms with Gasteiger partial charge in [-0.25, -0.2) is 4.79 Å². The van der Waals surface area contributed by atoms with E-state index in [4.69, 9.17) is 16.3 Å². The zero-order valence-corrected chi connectivity index (χ0v) is 12.6. The third-order valence-corrected chi connectivity index (χ3v) is 3.50. The Morgan fingerprint density at radius 1 is 1.35 bits per heavy atom. The Kier molecular flexibility index (Phi) is 4.14. The SMILES string of the molecule is COC(=O)C(C)Oc1cc(C)nc2c(C)c(Cl)ccc12. The highest BCUT2D eigenvalue weighted by atomic mass is 35.5. The Bertz CT molecular complexity index is 670. The molecule has 0 saturated carbocycles. The summed E-state index contributed by atoms with van der Waals surface area (Å²) in [4.78, 5) is 16.0. The van der Waals surface area contributed by atoms with Gasteiger partial charge in [0, 0.05) is 22.2 Å². The molecule has 1 unspecified atom stereocenters. The Labute approximate surface area is 122 Å². The highest BCUT2D eigenvalue weighted by molar-refractivity contribution is 6.32. The van der Waals surface area contributed by atoms with Crippen molar-refractivity contribution in [2.45, 2.75) is 26.9 Å². The van der Waals surface area contributed by atoms with Crippen LogP contribution in [0, 0.1) is 13.8 Å². The fraction of sp³-hybridized carbons (Fsp3) is 0.333. The van der Waals surface area contributed by atoms with Gasteiger partial charge in [-0.15, -0.1) is 0 Å². The number of benzene rings is 1. The number of rotatable bonds is 3. The van der Waals surface area contributed by atoms with E-state index >= 15 is 0 Å². The van der Waals surface area contributed by atoms with Crippen molar-refractivity contribution in [2.75, 3.05) is 7.11 Å². The molecule has 4 nitrogen and oxygen atoms in total. The number of pyridine rings is 1. The number of fused-ring (bicyclic) bond motifs is 1. The summed E-state index contributed by atoms with van der Waals surface area (Å²) in [7, 11) is 1.34. The van der Waals surface area contributed by atoms with E-state index in [9.17, 15) is 4.79 Å². The third-order valence-electron chi connectivity index (χ3n) is 3.10. The first-order chi connectivity index (χ1) is 9.43. The lowest BCUT2D eigenvalue weighted by Crippen LogP contribution is -2.25. The number of hydrogen-bond donors (Lipinski definition) is 0. The standard InChI is InChI=1S/C15H16ClNO3/c1-8-7-13(20-10(3)15(18)19-4)11-5-6-12(16)9(2)14(11)17-8/h5-7,10H,1-4H3. The van der Waals surface area contributed by atoms with Crippen LogP contribution in [0.3, 0.4) is 0 Å². The minimum absolute atomic E-state index is 0.418. The first-order valence-corrected chi connectivity index (χ1v) is 6.62. The number of carbonyl (C=O) groups is 1. The lowest BCUT2D eigenvalue weighted by Gasteiger charge is -2.15. The molecular weight excluding hydrogens is 278 g/mol. The van der Waals surface area contributed by atoms with Gasteiger partial charge in [-0.1, -0.05) is 11.6 Å². The number of methoxy groups -OCH3 is 1. The summed E-state index contributed by atoms with van der Waals surface area (Å²) >= 11 is 6.12. The van der Waals surface area contributed by atoms with Crippen LogP contribution in [0.5, 0.6) is 5.75 Å². The van der Waals surface area contributed by atoms with Crippen LogP contribution >= 0.6 is 11.6 Å². The number of hydrogen-bond acceptors (Lipinski definition) is 4. The Morgan fingerprint density at radius 3 is 2.70 bits per heavy atom. The first kappa shape index (κ1) is 14.6. The molecule has 1 heterocycles. The minimum atomic E-state index is -0.680. The van der Waals surface area contributed by atoms with E-state index in [2.05, 4.69) is 9.72 Å². The number of aryl methyl sites for hydroxylation is 2. The second kappa shape index (κ2) is 5.67. The molecule has 0 aliphatic heterocycles. The highest BCUT2D eigenvalue weighted by Crippen LogP contribution is 2.31. The molecule has 0 aliphatic carbocycles. The predicted octanol–water partition coefficient (Wildman–Crippen LogP) is 3.45. The van der Waals surface area contributed by atoms with Crippen LogP contribution in [0.2, 0.25) is 5.02 Å². The summed E-state index contributed by atoms with van der Waals surface area (Å²) in [6, 6.07) is 5.44. The maximum Gasteiger partial charge on any atom is 0.346 e. The van der Waals surface area contributed by atoms with Gasteiger partial charge >= 0.3 is 5.97 Å². The molecule has 20 heavy (non-hydrogen) atoms. The van der Waals surface area contributed by atoms with Crippen LogP contribution < -0.4 is 4.74 Å². The van der Waals surface area contributed by atoms with E-state index in [1.54, 1.807) is 19.1 Å². The average Bonchev–Trinajstić information content (AvgIpc) is 2.42. The van der Waals surface area contributed by atoms with Gasteiger partial charge in [0.2, 0.25) is 0 Å². The third kappa shape index (κ3) is 2.70. The fourth-order valence-electron chi connectivity index (χ4n) is 2.00. The number of carbonyl (C=O) groups excluding carboxylic acids is 1. The molecule has 2 rings (SSSR count). The smallest absolute Gasteiger partial charge is 0.346 e. The van der Waals surface area contributed by atoms with Gasteiger partial charge in [-0.3, -0.25) is 4.98 Å². The van der Waals surface area contributed by atoms with E-state index < -0.39 is 12.1 Å². The van der Waals surface area contributed by atoms with Crippen LogP contribution in [-0.4, -0.2) is 24.2 Å². The maximum absolute atomic E-state index is 11.5. The highest BCUT2D eigenvalue weighted by Gasteiger charge is 2.17. The normalized spacial score (nSPS) is 12.2. The summed E-state index contributed by atoms with van der Waals surface area (Å²) < 4.78 is 10.4. The van der Waals surface area contributed by atoms with Crippen LogP contribution in [0.1, 0.15) is 18.2 Å². The van der Waals surface area contributed by atoms with E-state index in [-0.39, 0.29) is 0 Å². The van der Waals surface area contributed by atoms with Crippen LogP contribution in [0.25, 0.3) is 10.9 Å². The van der Waals surface area contributed by atoms with Gasteiger partial charge < -0.3 is 9.47 Å². The van der Waals surface area contributed by atoms with E-state index in [0.717, 1.165) is 22.2 Å². The van der Waals surface area contributed by atoms with E-state index in [1.165, 1.54) is 7.11 Å². The number of halogens is 1. The molecule has 0 bridgehead atoms. The van der Waals surface area contributed by atoms with Gasteiger partial charge in [0.05, 0.1) is 12.6 Å². The van der Waals surface area contributed by atoms with Gasteiger partial charge in [0.25, 0.3) is 0 Å². The zero-order valence-electron chi connectivity index (χ0n) is 11.9. The minimum Gasteiger partial charge on any atom is -0.478 e. The molecule has 1 aromatic heterocycles. The Hall–Kier alpha value is -1.81. The predicted molar refractivity (Wildman–Crippen MR) is 78.3 cm³/mol. The molecule has 0 radical (unpaired) electrons. The lowest BCUT2D eigenvalue weighted by atomic mass is 10.1. The van der Waals surface area contributed by atoms with Gasteiger partial charge in [-0.05, 0) is 38.5 Å². The maximum atomic E-state index is 11.5. The van der Waals surface area contributed by atoms with E-state index in [1.807, 2.05) is 19.9 Å². The molecule has 5 heteroatoms. The zero-order chi connectivity index (χ0) is 14.9. The van der Waals surface area contributed by atoms with E-state index in [0.29, 0.717) is 10.8 Å². The summed E-state index contributed by atoms with van der Waals surface area (Å²) in [5.74, 6) is 0.184. The van der Waals surface area contributed by atoms with Crippen molar-refractivity contribution in [3.05, 3.63) is 34.5 Å². The van der Waals surface area contributed by atoms with Crippen LogP contribution in [-0.2, 0) is 9.53 Å². The second-order valence-corrected chi connectivity index (χ2v) is 5.02. The average molecular weight is 294 g/mol. The molecule has 1 atom stereocenters. The van der Waals surface area contributed by atoms with Gasteiger partial charge in [0.15, 0.2) is 6.10 Å². The molecule has 2 aromatic rings. The van der Waals surface area contributed by atoms with Crippen molar-refractivity contribution < 1.29 is 14.3 Å². The molecular formula is C15H16ClNO3. The van der Waals surface area contributed by atoms with Crippen LogP contribution in [0.15, 0.2) is 18.2 Å². The first-order valence-electron chi connectivity index (χ1n) is 6.25. The molecule has 0 aliphatic rings. The molecule has 0 fully saturated rings. The van der Waals surface area contributed by atoms with Gasteiger partial charge in [0.1, 0.15) is 5.75 Å².